The standard InChI is InChI=1S/C7H13O4PS.Ti/c1-2-10-7(9)5-6(8)3-4-11-13-12;/h2-5,12H2,1H3;. The zero-order valence-electron chi connectivity index (χ0n) is 7.95. The minimum Gasteiger partial charge on any atom is -0.466 e. The Morgan fingerprint density at radius 1 is 1.43 bits per heavy atom. The summed E-state index contributed by atoms with van der Waals surface area (Å²) in [5.41, 5.74) is 0. The third-order valence-electron chi connectivity index (χ3n) is 1.18. The molecule has 0 rings (SSSR count). The van der Waals surface area contributed by atoms with E-state index in [2.05, 4.69) is 13.2 Å². The number of ether oxygens (including phenoxy) is 1. The van der Waals surface area contributed by atoms with Gasteiger partial charge in [-0.1, -0.05) is 0 Å². The maximum Gasteiger partial charge on any atom is 0.313 e. The van der Waals surface area contributed by atoms with Gasteiger partial charge in [-0.2, -0.15) is 0 Å². The Kier molecular flexibility index (Phi) is 14.2. The second-order valence-corrected chi connectivity index (χ2v) is 3.19. The fourth-order valence-corrected chi connectivity index (χ4v) is 1.13. The molecule has 0 aromatic carbocycles. The summed E-state index contributed by atoms with van der Waals surface area (Å²) >= 11 is 1.12. The van der Waals surface area contributed by atoms with Crippen LogP contribution < -0.4 is 0 Å². The van der Waals surface area contributed by atoms with E-state index < -0.39 is 5.97 Å². The van der Waals surface area contributed by atoms with Gasteiger partial charge < -0.3 is 8.92 Å². The molecule has 7 heteroatoms. The van der Waals surface area contributed by atoms with Gasteiger partial charge in [-0.15, -0.1) is 0 Å². The molecule has 0 amide bonds. The number of rotatable bonds is 7. The first-order valence-electron chi connectivity index (χ1n) is 3.86. The Labute approximate surface area is 105 Å². The van der Waals surface area contributed by atoms with E-state index in [4.69, 9.17) is 4.18 Å². The van der Waals surface area contributed by atoms with Crippen molar-refractivity contribution in [1.82, 2.24) is 0 Å². The predicted octanol–water partition coefficient (Wildman–Crippen LogP) is 1.35. The smallest absolute Gasteiger partial charge is 0.313 e. The SMILES string of the molecule is CCOC(=O)CC(=O)CCOSP.[Ti]. The predicted molar refractivity (Wildman–Crippen MR) is 54.1 cm³/mol. The van der Waals surface area contributed by atoms with E-state index in [1.165, 1.54) is 0 Å². The van der Waals surface area contributed by atoms with Crippen LogP contribution in [0.15, 0.2) is 0 Å². The molecule has 1 atom stereocenters. The average molecular weight is 272 g/mol. The second-order valence-electron chi connectivity index (χ2n) is 2.19. The van der Waals surface area contributed by atoms with Crippen LogP contribution >= 0.6 is 20.1 Å². The summed E-state index contributed by atoms with van der Waals surface area (Å²) in [4.78, 5) is 21.8. The molecule has 0 heterocycles. The Hall–Kier alpha value is 0.594. The number of carbonyl (C=O) groups excluding carboxylic acids is 2. The number of carbonyl (C=O) groups is 2. The molecule has 0 aliphatic rings. The van der Waals surface area contributed by atoms with Gasteiger partial charge in [0.2, 0.25) is 0 Å². The van der Waals surface area contributed by atoms with Crippen LogP contribution in [0.25, 0.3) is 0 Å². The normalized spacial score (nSPS) is 9.00. The minimum absolute atomic E-state index is 0. The van der Waals surface area contributed by atoms with Gasteiger partial charge in [0.25, 0.3) is 0 Å². The molecule has 0 saturated heterocycles. The van der Waals surface area contributed by atoms with Crippen molar-refractivity contribution < 1.29 is 40.2 Å². The van der Waals surface area contributed by atoms with Crippen molar-refractivity contribution in [3.8, 4) is 0 Å². The zero-order valence-corrected chi connectivity index (χ0v) is 11.5. The molecule has 0 aromatic rings. The van der Waals surface area contributed by atoms with Crippen LogP contribution in [0.3, 0.4) is 0 Å². The van der Waals surface area contributed by atoms with Crippen molar-refractivity contribution in [2.24, 2.45) is 0 Å². The van der Waals surface area contributed by atoms with Crippen LogP contribution in [0, 0.1) is 0 Å². The third kappa shape index (κ3) is 10.7. The van der Waals surface area contributed by atoms with Crippen molar-refractivity contribution in [2.75, 3.05) is 13.2 Å². The van der Waals surface area contributed by atoms with Crippen molar-refractivity contribution in [3.05, 3.63) is 0 Å². The van der Waals surface area contributed by atoms with Gasteiger partial charge in [-0.3, -0.25) is 9.59 Å². The number of ketones is 1. The Morgan fingerprint density at radius 3 is 2.57 bits per heavy atom. The van der Waals surface area contributed by atoms with Crippen LogP contribution in [0.5, 0.6) is 0 Å². The zero-order chi connectivity index (χ0) is 10.1. The van der Waals surface area contributed by atoms with E-state index in [0.29, 0.717) is 13.2 Å². The van der Waals surface area contributed by atoms with Gasteiger partial charge in [-0.25, -0.2) is 0 Å². The Bertz CT molecular complexity index is 179. The van der Waals surface area contributed by atoms with Gasteiger partial charge in [0, 0.05) is 39.8 Å². The van der Waals surface area contributed by atoms with Crippen molar-refractivity contribution in [1.29, 1.82) is 0 Å². The first kappa shape index (κ1) is 17.0. The molecule has 1 unspecified atom stereocenters. The number of Topliss-reactive ketones (excluding diaryl/α,β-unsaturated/α-hetero) is 1. The largest absolute Gasteiger partial charge is 0.466 e. The van der Waals surface area contributed by atoms with Crippen molar-refractivity contribution in [2.45, 2.75) is 19.8 Å². The number of hydrogen-bond donors (Lipinski definition) is 0. The summed E-state index contributed by atoms with van der Waals surface area (Å²) in [5, 5.41) is 0. The topological polar surface area (TPSA) is 52.6 Å². The monoisotopic (exact) mass is 272 g/mol. The van der Waals surface area contributed by atoms with Crippen LogP contribution in [-0.2, 0) is 40.2 Å². The minimum atomic E-state index is -0.467. The fraction of sp³-hybridized carbons (Fsp3) is 0.714. The van der Waals surface area contributed by atoms with E-state index in [9.17, 15) is 9.59 Å². The molecule has 0 aliphatic carbocycles. The molecule has 0 radical (unpaired) electrons. The van der Waals surface area contributed by atoms with Gasteiger partial charge in [0.1, 0.15) is 12.2 Å². The van der Waals surface area contributed by atoms with Gasteiger partial charge in [0.15, 0.2) is 0 Å². The molecule has 0 fully saturated rings. The van der Waals surface area contributed by atoms with Crippen molar-refractivity contribution >= 4 is 31.9 Å². The molecule has 0 bridgehead atoms. The first-order valence-corrected chi connectivity index (χ1v) is 6.08. The summed E-state index contributed by atoms with van der Waals surface area (Å²) in [6.45, 7) is 2.34. The summed E-state index contributed by atoms with van der Waals surface area (Å²) < 4.78 is 9.46. The Balaban J connectivity index is 0. The molecule has 0 spiro atoms. The fourth-order valence-electron chi connectivity index (χ4n) is 0.665. The molecule has 0 aromatic heterocycles. The van der Waals surface area contributed by atoms with Gasteiger partial charge >= 0.3 is 5.97 Å². The molecular weight excluding hydrogens is 259 g/mol. The number of esters is 1. The average Bonchev–Trinajstić information content (AvgIpc) is 2.05. The van der Waals surface area contributed by atoms with E-state index in [-0.39, 0.29) is 40.3 Å². The van der Waals surface area contributed by atoms with Crippen molar-refractivity contribution in [3.63, 3.8) is 0 Å². The summed E-state index contributed by atoms with van der Waals surface area (Å²) in [7, 11) is 2.30. The van der Waals surface area contributed by atoms with E-state index in [1.54, 1.807) is 6.92 Å². The maximum absolute atomic E-state index is 11.0. The van der Waals surface area contributed by atoms with E-state index in [1.807, 2.05) is 0 Å². The first-order chi connectivity index (χ1) is 6.20. The third-order valence-corrected chi connectivity index (χ3v) is 1.89. The molecular formula is C7H13O4PSTi. The molecule has 80 valence electrons. The quantitative estimate of drug-likeness (QED) is 0.175. The van der Waals surface area contributed by atoms with Gasteiger partial charge in [-0.05, 0) is 15.4 Å². The second kappa shape index (κ2) is 11.7. The van der Waals surface area contributed by atoms with E-state index >= 15 is 0 Å². The molecule has 0 saturated carbocycles. The molecule has 4 nitrogen and oxygen atoms in total. The Morgan fingerprint density at radius 2 is 2.07 bits per heavy atom. The molecule has 0 aliphatic heterocycles. The van der Waals surface area contributed by atoms with E-state index in [0.717, 1.165) is 11.7 Å². The molecule has 0 N–H and O–H groups in total. The maximum atomic E-state index is 11.0. The summed E-state index contributed by atoms with van der Waals surface area (Å²) in [6.07, 6.45) is 0.0962. The van der Waals surface area contributed by atoms with Gasteiger partial charge in [0.05, 0.1) is 13.2 Å². The molecule has 14 heavy (non-hydrogen) atoms. The van der Waals surface area contributed by atoms with Crippen LogP contribution in [0.1, 0.15) is 19.8 Å². The number of hydrogen-bond acceptors (Lipinski definition) is 5. The van der Waals surface area contributed by atoms with Crippen LogP contribution in [-0.4, -0.2) is 25.0 Å². The summed E-state index contributed by atoms with van der Waals surface area (Å²) in [6, 6.07) is 0. The van der Waals surface area contributed by atoms with Crippen LogP contribution in [0.2, 0.25) is 0 Å². The summed E-state index contributed by atoms with van der Waals surface area (Å²) in [5.74, 6) is -0.622. The van der Waals surface area contributed by atoms with Crippen LogP contribution in [0.4, 0.5) is 0 Å².